The van der Waals surface area contributed by atoms with Crippen LogP contribution in [0.2, 0.25) is 0 Å². The SMILES string of the molecule is Cc1ccc(-c2csc3ncnc(SCC(=O)N[C@H]4CCOc5ccccc54)c23)cc1. The second kappa shape index (κ2) is 8.69. The summed E-state index contributed by atoms with van der Waals surface area (Å²) in [5.41, 5.74) is 4.51. The molecule has 5 nitrogen and oxygen atoms in total. The Morgan fingerprint density at radius 1 is 1.19 bits per heavy atom. The third-order valence-corrected chi connectivity index (χ3v) is 7.21. The minimum Gasteiger partial charge on any atom is -0.493 e. The van der Waals surface area contributed by atoms with Crippen LogP contribution < -0.4 is 10.1 Å². The zero-order valence-electron chi connectivity index (χ0n) is 17.0. The van der Waals surface area contributed by atoms with Crippen LogP contribution in [0.3, 0.4) is 0 Å². The van der Waals surface area contributed by atoms with Crippen LogP contribution in [-0.2, 0) is 4.79 Å². The summed E-state index contributed by atoms with van der Waals surface area (Å²) in [5.74, 6) is 1.14. The highest BCUT2D eigenvalue weighted by molar-refractivity contribution is 8.00. The zero-order chi connectivity index (χ0) is 21.2. The van der Waals surface area contributed by atoms with Gasteiger partial charge in [0.15, 0.2) is 0 Å². The van der Waals surface area contributed by atoms with E-state index in [9.17, 15) is 4.79 Å². The Kier molecular flexibility index (Phi) is 5.61. The van der Waals surface area contributed by atoms with E-state index in [1.807, 2.05) is 24.3 Å². The number of hydrogen-bond acceptors (Lipinski definition) is 6. The molecule has 1 aliphatic heterocycles. The fourth-order valence-corrected chi connectivity index (χ4v) is 5.57. The number of nitrogens with one attached hydrogen (secondary N) is 1. The Morgan fingerprint density at radius 2 is 2.03 bits per heavy atom. The third kappa shape index (κ3) is 4.16. The van der Waals surface area contributed by atoms with E-state index >= 15 is 0 Å². The maximum atomic E-state index is 12.7. The summed E-state index contributed by atoms with van der Waals surface area (Å²) in [5, 5.41) is 7.13. The Labute approximate surface area is 188 Å². The van der Waals surface area contributed by atoms with Crippen LogP contribution in [0.15, 0.2) is 65.3 Å². The number of aryl methyl sites for hydroxylation is 1. The molecule has 0 saturated carbocycles. The summed E-state index contributed by atoms with van der Waals surface area (Å²) in [6.07, 6.45) is 2.35. The van der Waals surface area contributed by atoms with Crippen LogP contribution in [0, 0.1) is 6.92 Å². The molecule has 31 heavy (non-hydrogen) atoms. The largest absolute Gasteiger partial charge is 0.493 e. The molecule has 156 valence electrons. The molecule has 1 atom stereocenters. The van der Waals surface area contributed by atoms with Gasteiger partial charge in [-0.25, -0.2) is 9.97 Å². The van der Waals surface area contributed by atoms with Crippen molar-refractivity contribution in [2.45, 2.75) is 24.4 Å². The predicted molar refractivity (Wildman–Crippen MR) is 126 cm³/mol. The number of hydrogen-bond donors (Lipinski definition) is 1. The second-order valence-electron chi connectivity index (χ2n) is 7.46. The highest BCUT2D eigenvalue weighted by atomic mass is 32.2. The summed E-state index contributed by atoms with van der Waals surface area (Å²) >= 11 is 3.06. The summed E-state index contributed by atoms with van der Waals surface area (Å²) in [6, 6.07) is 16.3. The molecule has 7 heteroatoms. The highest BCUT2D eigenvalue weighted by Crippen LogP contribution is 2.38. The van der Waals surface area contributed by atoms with Crippen molar-refractivity contribution in [2.75, 3.05) is 12.4 Å². The van der Waals surface area contributed by atoms with E-state index in [1.54, 1.807) is 17.7 Å². The molecule has 0 unspecified atom stereocenters. The molecule has 5 rings (SSSR count). The first-order valence-electron chi connectivity index (χ1n) is 10.1. The number of carbonyl (C=O) groups excluding carboxylic acids is 1. The number of fused-ring (bicyclic) bond motifs is 2. The van der Waals surface area contributed by atoms with Crippen molar-refractivity contribution in [1.82, 2.24) is 15.3 Å². The van der Waals surface area contributed by atoms with Crippen molar-refractivity contribution in [1.29, 1.82) is 0 Å². The van der Waals surface area contributed by atoms with Crippen LogP contribution in [0.4, 0.5) is 0 Å². The van der Waals surface area contributed by atoms with Crippen LogP contribution in [-0.4, -0.2) is 28.2 Å². The van der Waals surface area contributed by atoms with Gasteiger partial charge in [-0.15, -0.1) is 11.3 Å². The van der Waals surface area contributed by atoms with Gasteiger partial charge in [0.25, 0.3) is 0 Å². The molecule has 0 aliphatic carbocycles. The van der Waals surface area contributed by atoms with E-state index in [1.165, 1.54) is 17.3 Å². The quantitative estimate of drug-likeness (QED) is 0.328. The lowest BCUT2D eigenvalue weighted by atomic mass is 10.0. The summed E-state index contributed by atoms with van der Waals surface area (Å²) in [6.45, 7) is 2.69. The lowest BCUT2D eigenvalue weighted by Crippen LogP contribution is -2.33. The number of para-hydroxylation sites is 1. The average molecular weight is 448 g/mol. The minimum atomic E-state index is -0.0206. The first-order chi connectivity index (χ1) is 15.2. The molecule has 0 radical (unpaired) electrons. The fraction of sp³-hybridized carbons (Fsp3) is 0.208. The molecule has 3 heterocycles. The maximum Gasteiger partial charge on any atom is 0.230 e. The van der Waals surface area contributed by atoms with E-state index in [0.717, 1.165) is 44.1 Å². The van der Waals surface area contributed by atoms with E-state index in [2.05, 4.69) is 51.9 Å². The van der Waals surface area contributed by atoms with Crippen molar-refractivity contribution in [3.63, 3.8) is 0 Å². The Bertz CT molecular complexity index is 1240. The van der Waals surface area contributed by atoms with Crippen molar-refractivity contribution in [3.05, 3.63) is 71.4 Å². The normalized spacial score (nSPS) is 15.3. The fourth-order valence-electron chi connectivity index (χ4n) is 3.76. The summed E-state index contributed by atoms with van der Waals surface area (Å²) < 4.78 is 5.69. The minimum absolute atomic E-state index is 0.00872. The number of benzene rings is 2. The monoisotopic (exact) mass is 447 g/mol. The number of aromatic nitrogens is 2. The molecule has 0 fully saturated rings. The first kappa shape index (κ1) is 20.0. The number of thiophene rings is 1. The third-order valence-electron chi connectivity index (χ3n) is 5.33. The molecule has 1 amide bonds. The molecular formula is C24H21N3O2S2. The first-order valence-corrected chi connectivity index (χ1v) is 12.0. The van der Waals surface area contributed by atoms with Crippen LogP contribution in [0.5, 0.6) is 5.75 Å². The standard InChI is InChI=1S/C24H21N3O2S2/c1-15-6-8-16(9-7-15)18-12-30-23-22(18)24(26-14-25-23)31-13-21(28)27-19-10-11-29-20-5-3-2-4-17(19)20/h2-9,12,14,19H,10-11,13H2,1H3,(H,27,28)/t19-/m0/s1. The maximum absolute atomic E-state index is 12.7. The van der Waals surface area contributed by atoms with Crippen LogP contribution in [0.25, 0.3) is 21.3 Å². The van der Waals surface area contributed by atoms with Crippen LogP contribution >= 0.6 is 23.1 Å². The van der Waals surface area contributed by atoms with E-state index < -0.39 is 0 Å². The number of amides is 1. The number of rotatable bonds is 5. The Balaban J connectivity index is 1.34. The van der Waals surface area contributed by atoms with E-state index in [-0.39, 0.29) is 11.9 Å². The van der Waals surface area contributed by atoms with E-state index in [0.29, 0.717) is 12.4 Å². The van der Waals surface area contributed by atoms with E-state index in [4.69, 9.17) is 4.74 Å². The zero-order valence-corrected chi connectivity index (χ0v) is 18.6. The number of thioether (sulfide) groups is 1. The summed E-state index contributed by atoms with van der Waals surface area (Å²) in [4.78, 5) is 22.6. The van der Waals surface area contributed by atoms with Gasteiger partial charge in [0.2, 0.25) is 5.91 Å². The molecule has 1 aliphatic rings. The molecular weight excluding hydrogens is 426 g/mol. The predicted octanol–water partition coefficient (Wildman–Crippen LogP) is 5.40. The highest BCUT2D eigenvalue weighted by Gasteiger charge is 2.23. The molecule has 2 aromatic carbocycles. The van der Waals surface area contributed by atoms with Crippen LogP contribution in [0.1, 0.15) is 23.6 Å². The second-order valence-corrected chi connectivity index (χ2v) is 9.28. The van der Waals surface area contributed by atoms with Crippen molar-refractivity contribution in [3.8, 4) is 16.9 Å². The Hall–Kier alpha value is -2.90. The number of nitrogens with zero attached hydrogens (tertiary/aromatic N) is 2. The lowest BCUT2D eigenvalue weighted by Gasteiger charge is -2.26. The van der Waals surface area contributed by atoms with Gasteiger partial charge in [0.1, 0.15) is 21.9 Å². The van der Waals surface area contributed by atoms with Gasteiger partial charge < -0.3 is 10.1 Å². The van der Waals surface area contributed by atoms with Gasteiger partial charge in [-0.05, 0) is 18.6 Å². The van der Waals surface area contributed by atoms with Crippen molar-refractivity contribution >= 4 is 39.2 Å². The van der Waals surface area contributed by atoms with Gasteiger partial charge >= 0.3 is 0 Å². The number of ether oxygens (including phenoxy) is 1. The van der Waals surface area contributed by atoms with Gasteiger partial charge in [0.05, 0.1) is 23.8 Å². The Morgan fingerprint density at radius 3 is 2.90 bits per heavy atom. The molecule has 4 aromatic rings. The van der Waals surface area contributed by atoms with Gasteiger partial charge in [-0.2, -0.15) is 0 Å². The molecule has 0 saturated heterocycles. The van der Waals surface area contributed by atoms with Crippen molar-refractivity contribution < 1.29 is 9.53 Å². The topological polar surface area (TPSA) is 64.1 Å². The van der Waals surface area contributed by atoms with Gasteiger partial charge in [0, 0.05) is 22.9 Å². The van der Waals surface area contributed by atoms with Gasteiger partial charge in [-0.3, -0.25) is 4.79 Å². The molecule has 0 bridgehead atoms. The lowest BCUT2D eigenvalue weighted by molar-refractivity contribution is -0.119. The molecule has 0 spiro atoms. The van der Waals surface area contributed by atoms with Crippen molar-refractivity contribution in [2.24, 2.45) is 0 Å². The average Bonchev–Trinajstić information content (AvgIpc) is 3.23. The molecule has 2 aromatic heterocycles. The van der Waals surface area contributed by atoms with Gasteiger partial charge in [-0.1, -0.05) is 59.8 Å². The smallest absolute Gasteiger partial charge is 0.230 e. The molecule has 1 N–H and O–H groups in total. The number of carbonyl (C=O) groups is 1. The summed E-state index contributed by atoms with van der Waals surface area (Å²) in [7, 11) is 0.